The predicted molar refractivity (Wildman–Crippen MR) is 106 cm³/mol. The minimum atomic E-state index is -0.629. The number of nitrogens with one attached hydrogen (secondary N) is 1. The molecule has 0 saturated heterocycles. The number of carbonyl (C=O) groups is 1. The summed E-state index contributed by atoms with van der Waals surface area (Å²) in [6.07, 6.45) is 0. The van der Waals surface area contributed by atoms with Gasteiger partial charge in [0, 0.05) is 5.56 Å². The summed E-state index contributed by atoms with van der Waals surface area (Å²) >= 11 is 15.7. The van der Waals surface area contributed by atoms with E-state index < -0.39 is 5.91 Å². The highest BCUT2D eigenvalue weighted by Gasteiger charge is 2.12. The molecule has 2 rings (SSSR count). The van der Waals surface area contributed by atoms with Crippen LogP contribution in [0.15, 0.2) is 30.3 Å². The summed E-state index contributed by atoms with van der Waals surface area (Å²) in [4.78, 5) is 15.3. The molecular formula is C16H17Cl2N5OS. The molecule has 6 nitrogen and oxygen atoms in total. The lowest BCUT2D eigenvalue weighted by Gasteiger charge is -2.08. The normalized spacial score (nSPS) is 8.76. The molecule has 0 aliphatic heterocycles. The lowest BCUT2D eigenvalue weighted by molar-refractivity contribution is 0.100. The molecule has 1 aromatic heterocycles. The Kier molecular flexibility index (Phi) is 11.1. The van der Waals surface area contributed by atoms with Gasteiger partial charge < -0.3 is 16.8 Å². The van der Waals surface area contributed by atoms with Gasteiger partial charge in [-0.2, -0.15) is 5.26 Å². The van der Waals surface area contributed by atoms with E-state index in [0.717, 1.165) is 5.49 Å². The molecule has 9 heteroatoms. The number of aromatic nitrogens is 1. The van der Waals surface area contributed by atoms with Crippen molar-refractivity contribution in [3.05, 3.63) is 51.8 Å². The van der Waals surface area contributed by atoms with Gasteiger partial charge in [-0.05, 0) is 49.5 Å². The molecule has 25 heavy (non-hydrogen) atoms. The molecule has 0 fully saturated rings. The van der Waals surface area contributed by atoms with Crippen molar-refractivity contribution >= 4 is 46.8 Å². The molecule has 0 saturated carbocycles. The van der Waals surface area contributed by atoms with E-state index in [1.165, 1.54) is 6.07 Å². The molecular weight excluding hydrogens is 381 g/mol. The predicted octanol–water partition coefficient (Wildman–Crippen LogP) is 2.76. The number of halogens is 2. The van der Waals surface area contributed by atoms with E-state index in [4.69, 9.17) is 34.2 Å². The Morgan fingerprint density at radius 2 is 1.76 bits per heavy atom. The van der Waals surface area contributed by atoms with Crippen molar-refractivity contribution in [2.24, 2.45) is 11.5 Å². The van der Waals surface area contributed by atoms with Crippen molar-refractivity contribution in [3.63, 3.8) is 0 Å². The quantitative estimate of drug-likeness (QED) is 0.529. The second kappa shape index (κ2) is 12.2. The Hall–Kier alpha value is -2.24. The molecule has 1 amide bonds. The molecule has 0 spiro atoms. The van der Waals surface area contributed by atoms with E-state index in [-0.39, 0.29) is 15.9 Å². The first-order chi connectivity index (χ1) is 11.8. The first-order valence-corrected chi connectivity index (χ1v) is 7.98. The van der Waals surface area contributed by atoms with E-state index in [2.05, 4.69) is 28.3 Å². The Morgan fingerprint density at radius 1 is 1.28 bits per heavy atom. The number of pyridine rings is 1. The number of benzene rings is 1. The lowest BCUT2D eigenvalue weighted by atomic mass is 9.98. The second-order valence-electron chi connectivity index (χ2n) is 4.37. The van der Waals surface area contributed by atoms with Crippen molar-refractivity contribution < 1.29 is 4.79 Å². The van der Waals surface area contributed by atoms with Crippen molar-refractivity contribution in [1.82, 2.24) is 10.3 Å². The third-order valence-electron chi connectivity index (χ3n) is 2.49. The van der Waals surface area contributed by atoms with Crippen LogP contribution in [-0.4, -0.2) is 30.5 Å². The fourth-order valence-corrected chi connectivity index (χ4v) is 2.15. The summed E-state index contributed by atoms with van der Waals surface area (Å²) in [5.41, 5.74) is 12.7. The Balaban J connectivity index is 0.000000844. The SMILES string of the molecule is CNC.N#Cc1ccc(-c2cc(Cl)nc(Cl)c2)c(C(N)=O)c1.NC=S. The first-order valence-electron chi connectivity index (χ1n) is 6.75. The average Bonchev–Trinajstić information content (AvgIpc) is 2.54. The summed E-state index contributed by atoms with van der Waals surface area (Å²) in [6.45, 7) is 0. The third kappa shape index (κ3) is 7.92. The van der Waals surface area contributed by atoms with Crippen LogP contribution in [0.1, 0.15) is 15.9 Å². The first kappa shape index (κ1) is 22.8. The third-order valence-corrected chi connectivity index (χ3v) is 2.88. The Labute approximate surface area is 161 Å². The molecule has 0 bridgehead atoms. The Morgan fingerprint density at radius 3 is 2.16 bits per heavy atom. The van der Waals surface area contributed by atoms with Gasteiger partial charge in [-0.3, -0.25) is 4.79 Å². The highest BCUT2D eigenvalue weighted by Crippen LogP contribution is 2.28. The maximum Gasteiger partial charge on any atom is 0.249 e. The molecule has 0 aliphatic carbocycles. The monoisotopic (exact) mass is 397 g/mol. The number of nitrogens with zero attached hydrogens (tertiary/aromatic N) is 2. The van der Waals surface area contributed by atoms with Crippen molar-refractivity contribution in [2.45, 2.75) is 0 Å². The van der Waals surface area contributed by atoms with Gasteiger partial charge in [-0.25, -0.2) is 4.98 Å². The number of nitrogens with two attached hydrogens (primary N) is 2. The maximum atomic E-state index is 11.5. The zero-order valence-electron chi connectivity index (χ0n) is 13.6. The Bertz CT molecular complexity index is 757. The largest absolute Gasteiger partial charge is 0.396 e. The van der Waals surface area contributed by atoms with Crippen LogP contribution in [0.2, 0.25) is 10.3 Å². The van der Waals surface area contributed by atoms with Gasteiger partial charge in [0.25, 0.3) is 0 Å². The summed E-state index contributed by atoms with van der Waals surface area (Å²) in [5, 5.41) is 12.0. The van der Waals surface area contributed by atoms with Gasteiger partial charge in [-0.1, -0.05) is 41.5 Å². The van der Waals surface area contributed by atoms with Gasteiger partial charge >= 0.3 is 0 Å². The van der Waals surface area contributed by atoms with Crippen molar-refractivity contribution in [2.75, 3.05) is 14.1 Å². The minimum Gasteiger partial charge on any atom is -0.396 e. The molecule has 0 atom stereocenters. The molecule has 0 aliphatic rings. The van der Waals surface area contributed by atoms with Gasteiger partial charge in [0.05, 0.1) is 17.1 Å². The topological polar surface area (TPSA) is 118 Å². The number of thiocarbonyl (C=S) groups is 1. The number of primary amides is 1. The fourth-order valence-electron chi connectivity index (χ4n) is 1.69. The number of hydrogen-bond acceptors (Lipinski definition) is 5. The average molecular weight is 398 g/mol. The van der Waals surface area contributed by atoms with Crippen LogP contribution in [0, 0.1) is 11.3 Å². The van der Waals surface area contributed by atoms with E-state index in [1.54, 1.807) is 24.3 Å². The summed E-state index contributed by atoms with van der Waals surface area (Å²) in [7, 11) is 3.75. The van der Waals surface area contributed by atoms with Crippen LogP contribution in [-0.2, 0) is 0 Å². The molecule has 2 aromatic rings. The van der Waals surface area contributed by atoms with Crippen LogP contribution >= 0.6 is 35.4 Å². The maximum absolute atomic E-state index is 11.5. The lowest BCUT2D eigenvalue weighted by Crippen LogP contribution is -2.12. The van der Waals surface area contributed by atoms with Gasteiger partial charge in [0.2, 0.25) is 5.91 Å². The molecule has 0 radical (unpaired) electrons. The van der Waals surface area contributed by atoms with Gasteiger partial charge in [0.1, 0.15) is 10.3 Å². The van der Waals surface area contributed by atoms with Crippen LogP contribution < -0.4 is 16.8 Å². The number of nitriles is 1. The molecule has 1 aromatic carbocycles. The van der Waals surface area contributed by atoms with E-state index in [9.17, 15) is 4.79 Å². The minimum absolute atomic E-state index is 0.210. The summed E-state index contributed by atoms with van der Waals surface area (Å²) < 4.78 is 0. The van der Waals surface area contributed by atoms with Crippen LogP contribution in [0.4, 0.5) is 0 Å². The second-order valence-corrected chi connectivity index (χ2v) is 5.42. The van der Waals surface area contributed by atoms with Crippen molar-refractivity contribution in [3.8, 4) is 17.2 Å². The highest BCUT2D eigenvalue weighted by atomic mass is 35.5. The molecule has 0 unspecified atom stereocenters. The van der Waals surface area contributed by atoms with Crippen LogP contribution in [0.5, 0.6) is 0 Å². The molecule has 1 heterocycles. The van der Waals surface area contributed by atoms with Crippen LogP contribution in [0.25, 0.3) is 11.1 Å². The van der Waals surface area contributed by atoms with Gasteiger partial charge in [-0.15, -0.1) is 0 Å². The zero-order chi connectivity index (χ0) is 19.4. The number of hydrogen-bond donors (Lipinski definition) is 3. The summed E-state index contributed by atoms with van der Waals surface area (Å²) in [6, 6.07) is 9.74. The van der Waals surface area contributed by atoms with E-state index in [1.807, 2.05) is 20.2 Å². The standard InChI is InChI=1S/C13H7Cl2N3O.C2H7N.CH3NS/c14-11-4-8(5-12(15)18-11)9-2-1-7(6-16)3-10(9)13(17)19;1-3-2;2-1-3/h1-5H,(H2,17,19);3H,1-2H3;1H,(H2,2,3). The van der Waals surface area contributed by atoms with Crippen LogP contribution in [0.3, 0.4) is 0 Å². The molecule has 132 valence electrons. The van der Waals surface area contributed by atoms with Gasteiger partial charge in [0.15, 0.2) is 0 Å². The smallest absolute Gasteiger partial charge is 0.249 e. The van der Waals surface area contributed by atoms with Crippen molar-refractivity contribution in [1.29, 1.82) is 5.26 Å². The van der Waals surface area contributed by atoms with E-state index in [0.29, 0.717) is 16.7 Å². The number of carbonyl (C=O) groups excluding carboxylic acids is 1. The number of amides is 1. The summed E-state index contributed by atoms with van der Waals surface area (Å²) in [5.74, 6) is -0.629. The number of rotatable bonds is 2. The fraction of sp³-hybridized carbons (Fsp3) is 0.125. The molecule has 5 N–H and O–H groups in total. The van der Waals surface area contributed by atoms with E-state index >= 15 is 0 Å². The highest BCUT2D eigenvalue weighted by molar-refractivity contribution is 7.78. The zero-order valence-corrected chi connectivity index (χ0v) is 15.9.